The Morgan fingerprint density at radius 1 is 1.32 bits per heavy atom. The fourth-order valence-electron chi connectivity index (χ4n) is 2.07. The van der Waals surface area contributed by atoms with E-state index in [1.807, 2.05) is 24.3 Å². The van der Waals surface area contributed by atoms with Gasteiger partial charge in [0.25, 0.3) is 0 Å². The Labute approximate surface area is 120 Å². The topological polar surface area (TPSA) is 46.2 Å². The van der Waals surface area contributed by atoms with Crippen molar-refractivity contribution < 1.29 is 8.42 Å². The van der Waals surface area contributed by atoms with Crippen LogP contribution in [0.15, 0.2) is 24.3 Å². The van der Waals surface area contributed by atoms with Crippen molar-refractivity contribution in [2.75, 3.05) is 18.6 Å². The van der Waals surface area contributed by atoms with E-state index in [0.29, 0.717) is 17.5 Å². The Morgan fingerprint density at radius 2 is 1.95 bits per heavy atom. The molecule has 1 N–H and O–H groups in total. The molecule has 1 aliphatic rings. The number of halogens is 1. The zero-order valence-corrected chi connectivity index (χ0v) is 12.7. The summed E-state index contributed by atoms with van der Waals surface area (Å²) in [5.74, 6) is 0.458. The van der Waals surface area contributed by atoms with Crippen LogP contribution in [0.3, 0.4) is 0 Å². The van der Waals surface area contributed by atoms with Gasteiger partial charge in [-0.2, -0.15) is 0 Å². The van der Waals surface area contributed by atoms with Crippen LogP contribution in [0.5, 0.6) is 0 Å². The maximum atomic E-state index is 11.3. The Kier molecular flexibility index (Phi) is 4.87. The molecule has 0 saturated heterocycles. The van der Waals surface area contributed by atoms with Crippen LogP contribution in [0.25, 0.3) is 0 Å². The predicted molar refractivity (Wildman–Crippen MR) is 79.5 cm³/mol. The van der Waals surface area contributed by atoms with Gasteiger partial charge in [0.05, 0.1) is 5.75 Å². The van der Waals surface area contributed by atoms with Crippen molar-refractivity contribution in [1.29, 1.82) is 0 Å². The highest BCUT2D eigenvalue weighted by atomic mass is 35.5. The minimum absolute atomic E-state index is 0.229. The lowest BCUT2D eigenvalue weighted by Gasteiger charge is -2.18. The maximum Gasteiger partial charge on any atom is 0.147 e. The number of nitrogens with one attached hydrogen (secondary N) is 1. The largest absolute Gasteiger partial charge is 0.313 e. The lowest BCUT2D eigenvalue weighted by molar-refractivity contribution is 0.556. The summed E-state index contributed by atoms with van der Waals surface area (Å²) in [5.41, 5.74) is 1.15. The van der Waals surface area contributed by atoms with Crippen molar-refractivity contribution in [3.8, 4) is 0 Å². The van der Waals surface area contributed by atoms with Crippen LogP contribution >= 0.6 is 11.6 Å². The molecule has 5 heteroatoms. The van der Waals surface area contributed by atoms with E-state index in [9.17, 15) is 8.42 Å². The van der Waals surface area contributed by atoms with Gasteiger partial charge in [0.2, 0.25) is 0 Å². The van der Waals surface area contributed by atoms with Gasteiger partial charge >= 0.3 is 0 Å². The molecule has 1 atom stereocenters. The van der Waals surface area contributed by atoms with E-state index in [0.717, 1.165) is 12.1 Å². The Balaban J connectivity index is 2.01. The zero-order valence-electron chi connectivity index (χ0n) is 11.1. The minimum Gasteiger partial charge on any atom is -0.313 e. The molecule has 1 aromatic carbocycles. The fourth-order valence-corrected chi connectivity index (χ4v) is 2.91. The lowest BCUT2D eigenvalue weighted by Crippen LogP contribution is -2.25. The minimum atomic E-state index is -2.91. The first kappa shape index (κ1) is 14.8. The molecule has 2 rings (SSSR count). The van der Waals surface area contributed by atoms with Crippen molar-refractivity contribution in [1.82, 2.24) is 5.32 Å². The smallest absolute Gasteiger partial charge is 0.147 e. The van der Waals surface area contributed by atoms with E-state index in [4.69, 9.17) is 11.6 Å². The third-order valence-electron chi connectivity index (χ3n) is 3.41. The van der Waals surface area contributed by atoms with Crippen LogP contribution in [0.4, 0.5) is 0 Å². The highest BCUT2D eigenvalue weighted by Gasteiger charge is 2.23. The van der Waals surface area contributed by atoms with Gasteiger partial charge in [-0.1, -0.05) is 23.7 Å². The molecule has 106 valence electrons. The number of rotatable bonds is 7. The normalized spacial score (nSPS) is 17.4. The average Bonchev–Trinajstić information content (AvgIpc) is 3.13. The summed E-state index contributed by atoms with van der Waals surface area (Å²) in [7, 11) is -2.91. The van der Waals surface area contributed by atoms with E-state index in [1.54, 1.807) is 0 Å². The molecule has 0 amide bonds. The molecular formula is C14H20ClNO2S. The van der Waals surface area contributed by atoms with E-state index in [-0.39, 0.29) is 11.7 Å². The standard InChI is InChI=1S/C14H20ClNO2S/c1-19(17,18)9-8-12(10-16-14-6-7-14)11-2-4-13(15)5-3-11/h2-5,12,14,16H,6-10H2,1H3. The second-order valence-corrected chi connectivity index (χ2v) is 8.05. The summed E-state index contributed by atoms with van der Waals surface area (Å²) in [6, 6.07) is 8.34. The molecule has 1 aliphatic carbocycles. The zero-order chi connectivity index (χ0) is 13.9. The van der Waals surface area contributed by atoms with Gasteiger partial charge in [0.1, 0.15) is 9.84 Å². The second-order valence-electron chi connectivity index (χ2n) is 5.35. The second kappa shape index (κ2) is 6.25. The van der Waals surface area contributed by atoms with Gasteiger partial charge in [0.15, 0.2) is 0 Å². The Hall–Kier alpha value is -0.580. The van der Waals surface area contributed by atoms with Gasteiger partial charge in [-0.05, 0) is 42.9 Å². The molecule has 0 radical (unpaired) electrons. The predicted octanol–water partition coefficient (Wildman–Crippen LogP) is 2.61. The molecule has 0 aliphatic heterocycles. The SMILES string of the molecule is CS(=O)(=O)CCC(CNC1CC1)c1ccc(Cl)cc1. The van der Waals surface area contributed by atoms with E-state index >= 15 is 0 Å². The van der Waals surface area contributed by atoms with E-state index in [2.05, 4.69) is 5.32 Å². The summed E-state index contributed by atoms with van der Waals surface area (Å²) in [5, 5.41) is 4.19. The average molecular weight is 302 g/mol. The fraction of sp³-hybridized carbons (Fsp3) is 0.571. The molecule has 0 heterocycles. The van der Waals surface area contributed by atoms with E-state index in [1.165, 1.54) is 19.1 Å². The third kappa shape index (κ3) is 5.51. The van der Waals surface area contributed by atoms with Crippen LogP contribution in [0.1, 0.15) is 30.7 Å². The van der Waals surface area contributed by atoms with Crippen molar-refractivity contribution >= 4 is 21.4 Å². The quantitative estimate of drug-likeness (QED) is 0.842. The van der Waals surface area contributed by atoms with Gasteiger partial charge in [-0.15, -0.1) is 0 Å². The van der Waals surface area contributed by atoms with Crippen LogP contribution in [-0.4, -0.2) is 33.0 Å². The molecule has 1 aromatic rings. The summed E-state index contributed by atoms with van der Waals surface area (Å²) in [4.78, 5) is 0. The number of sulfone groups is 1. The summed E-state index contributed by atoms with van der Waals surface area (Å²) in [6.45, 7) is 0.835. The number of hydrogen-bond donors (Lipinski definition) is 1. The summed E-state index contributed by atoms with van der Waals surface area (Å²) >= 11 is 5.89. The maximum absolute atomic E-state index is 11.3. The Bertz CT molecular complexity index is 509. The molecule has 1 saturated carbocycles. The molecule has 0 spiro atoms. The summed E-state index contributed by atoms with van der Waals surface area (Å²) in [6.07, 6.45) is 4.42. The summed E-state index contributed by atoms with van der Waals surface area (Å²) < 4.78 is 22.7. The monoisotopic (exact) mass is 301 g/mol. The Morgan fingerprint density at radius 3 is 2.47 bits per heavy atom. The molecule has 3 nitrogen and oxygen atoms in total. The van der Waals surface area contributed by atoms with Crippen molar-refractivity contribution in [2.45, 2.75) is 31.2 Å². The van der Waals surface area contributed by atoms with Crippen molar-refractivity contribution in [3.63, 3.8) is 0 Å². The van der Waals surface area contributed by atoms with Crippen molar-refractivity contribution in [2.24, 2.45) is 0 Å². The van der Waals surface area contributed by atoms with Crippen molar-refractivity contribution in [3.05, 3.63) is 34.9 Å². The number of hydrogen-bond acceptors (Lipinski definition) is 3. The molecule has 0 aromatic heterocycles. The van der Waals surface area contributed by atoms with E-state index < -0.39 is 9.84 Å². The highest BCUT2D eigenvalue weighted by molar-refractivity contribution is 7.90. The van der Waals surface area contributed by atoms with Gasteiger partial charge in [-0.25, -0.2) is 8.42 Å². The molecular weight excluding hydrogens is 282 g/mol. The molecule has 0 bridgehead atoms. The first-order valence-corrected chi connectivity index (χ1v) is 9.04. The highest BCUT2D eigenvalue weighted by Crippen LogP contribution is 2.24. The van der Waals surface area contributed by atoms with Crippen LogP contribution in [-0.2, 0) is 9.84 Å². The third-order valence-corrected chi connectivity index (χ3v) is 4.64. The number of benzene rings is 1. The first-order valence-electron chi connectivity index (χ1n) is 6.60. The molecule has 1 unspecified atom stereocenters. The molecule has 1 fully saturated rings. The van der Waals surface area contributed by atoms with Crippen LogP contribution < -0.4 is 5.32 Å². The van der Waals surface area contributed by atoms with Crippen LogP contribution in [0.2, 0.25) is 5.02 Å². The van der Waals surface area contributed by atoms with Gasteiger partial charge < -0.3 is 5.32 Å². The van der Waals surface area contributed by atoms with Gasteiger partial charge in [-0.3, -0.25) is 0 Å². The molecule has 19 heavy (non-hydrogen) atoms. The van der Waals surface area contributed by atoms with Gasteiger partial charge in [0, 0.05) is 23.9 Å². The first-order chi connectivity index (χ1) is 8.94. The van der Waals surface area contributed by atoms with Crippen LogP contribution in [0, 0.1) is 0 Å². The lowest BCUT2D eigenvalue weighted by atomic mass is 9.96.